The predicted octanol–water partition coefficient (Wildman–Crippen LogP) is 2.05. The van der Waals surface area contributed by atoms with Gasteiger partial charge in [0.05, 0.1) is 12.0 Å². The molecule has 0 aliphatic carbocycles. The molecule has 9 heteroatoms. The SMILES string of the molecule is COc1ccc(CC(NS(=O)(=O)c2ccccc2)C(=O)NNC(=O)c2ccccc2)cc1. The Kier molecular flexibility index (Phi) is 7.58. The second-order valence-electron chi connectivity index (χ2n) is 6.85. The maximum atomic E-state index is 12.8. The fourth-order valence-electron chi connectivity index (χ4n) is 2.91. The van der Waals surface area contributed by atoms with Crippen LogP contribution in [0.3, 0.4) is 0 Å². The lowest BCUT2D eigenvalue weighted by atomic mass is 10.1. The lowest BCUT2D eigenvalue weighted by Gasteiger charge is -2.19. The summed E-state index contributed by atoms with van der Waals surface area (Å²) in [6, 6.07) is 21.8. The van der Waals surface area contributed by atoms with E-state index in [2.05, 4.69) is 15.6 Å². The predicted molar refractivity (Wildman–Crippen MR) is 119 cm³/mol. The van der Waals surface area contributed by atoms with Crippen molar-refractivity contribution >= 4 is 21.8 Å². The van der Waals surface area contributed by atoms with Crippen LogP contribution in [0.1, 0.15) is 15.9 Å². The number of benzene rings is 3. The number of amides is 2. The van der Waals surface area contributed by atoms with Gasteiger partial charge in [0, 0.05) is 5.56 Å². The molecular weight excluding hydrogens is 430 g/mol. The summed E-state index contributed by atoms with van der Waals surface area (Å²) in [5.74, 6) is -0.590. The van der Waals surface area contributed by atoms with E-state index in [0.29, 0.717) is 16.9 Å². The van der Waals surface area contributed by atoms with Gasteiger partial charge in [0.1, 0.15) is 11.8 Å². The van der Waals surface area contributed by atoms with E-state index in [1.54, 1.807) is 72.8 Å². The molecular formula is C23H23N3O5S. The third-order valence-corrected chi connectivity index (χ3v) is 6.09. The first-order valence-corrected chi connectivity index (χ1v) is 11.2. The maximum absolute atomic E-state index is 12.8. The van der Waals surface area contributed by atoms with Gasteiger partial charge in [-0.25, -0.2) is 8.42 Å². The summed E-state index contributed by atoms with van der Waals surface area (Å²) in [6.07, 6.45) is 0.0586. The number of methoxy groups -OCH3 is 1. The van der Waals surface area contributed by atoms with Gasteiger partial charge in [-0.15, -0.1) is 0 Å². The van der Waals surface area contributed by atoms with Crippen LogP contribution < -0.4 is 20.3 Å². The molecule has 8 nitrogen and oxygen atoms in total. The van der Waals surface area contributed by atoms with Gasteiger partial charge >= 0.3 is 0 Å². The van der Waals surface area contributed by atoms with Crippen molar-refractivity contribution < 1.29 is 22.7 Å². The van der Waals surface area contributed by atoms with Crippen molar-refractivity contribution in [2.24, 2.45) is 0 Å². The Morgan fingerprint density at radius 3 is 2.03 bits per heavy atom. The quantitative estimate of drug-likeness (QED) is 0.452. The van der Waals surface area contributed by atoms with Crippen LogP contribution in [0.4, 0.5) is 0 Å². The molecule has 1 unspecified atom stereocenters. The summed E-state index contributed by atoms with van der Waals surface area (Å²) < 4.78 is 33.2. The highest BCUT2D eigenvalue weighted by Gasteiger charge is 2.26. The number of sulfonamides is 1. The largest absolute Gasteiger partial charge is 0.497 e. The third-order valence-electron chi connectivity index (χ3n) is 4.60. The summed E-state index contributed by atoms with van der Waals surface area (Å²) in [5.41, 5.74) is 5.68. The molecule has 3 aromatic carbocycles. The summed E-state index contributed by atoms with van der Waals surface area (Å²) in [5, 5.41) is 0. The van der Waals surface area contributed by atoms with E-state index in [-0.39, 0.29) is 11.3 Å². The number of hydrogen-bond donors (Lipinski definition) is 3. The Bertz CT molecular complexity index is 1150. The molecule has 0 heterocycles. The van der Waals surface area contributed by atoms with Crippen molar-refractivity contribution in [2.75, 3.05) is 7.11 Å². The number of hydrogen-bond acceptors (Lipinski definition) is 5. The Labute approximate surface area is 186 Å². The highest BCUT2D eigenvalue weighted by Crippen LogP contribution is 2.14. The zero-order valence-corrected chi connectivity index (χ0v) is 18.1. The highest BCUT2D eigenvalue weighted by molar-refractivity contribution is 7.89. The van der Waals surface area contributed by atoms with Crippen LogP contribution in [0.5, 0.6) is 5.75 Å². The molecule has 3 aromatic rings. The topological polar surface area (TPSA) is 114 Å². The van der Waals surface area contributed by atoms with Gasteiger partial charge in [-0.2, -0.15) is 4.72 Å². The Morgan fingerprint density at radius 1 is 0.844 bits per heavy atom. The van der Waals surface area contributed by atoms with Crippen LogP contribution in [-0.2, 0) is 21.2 Å². The summed E-state index contributed by atoms with van der Waals surface area (Å²) in [7, 11) is -2.44. The molecule has 0 aliphatic rings. The zero-order valence-electron chi connectivity index (χ0n) is 17.3. The molecule has 3 N–H and O–H groups in total. The molecule has 0 saturated heterocycles. The second kappa shape index (κ2) is 10.6. The fourth-order valence-corrected chi connectivity index (χ4v) is 4.12. The molecule has 0 bridgehead atoms. The number of ether oxygens (including phenoxy) is 1. The smallest absolute Gasteiger partial charge is 0.269 e. The van der Waals surface area contributed by atoms with E-state index < -0.39 is 27.9 Å². The summed E-state index contributed by atoms with van der Waals surface area (Å²) in [4.78, 5) is 25.1. The van der Waals surface area contributed by atoms with Gasteiger partial charge in [-0.3, -0.25) is 20.4 Å². The van der Waals surface area contributed by atoms with Crippen LogP contribution >= 0.6 is 0 Å². The minimum absolute atomic E-state index is 0.0286. The van der Waals surface area contributed by atoms with Gasteiger partial charge in [0.2, 0.25) is 10.0 Å². The van der Waals surface area contributed by atoms with Gasteiger partial charge in [0.15, 0.2) is 0 Å². The highest BCUT2D eigenvalue weighted by atomic mass is 32.2. The van der Waals surface area contributed by atoms with E-state index in [9.17, 15) is 18.0 Å². The van der Waals surface area contributed by atoms with Crippen molar-refractivity contribution in [2.45, 2.75) is 17.4 Å². The molecule has 3 rings (SSSR count). The standard InChI is InChI=1S/C23H23N3O5S/c1-31-19-14-12-17(13-15-19)16-21(26-32(29,30)20-10-6-3-7-11-20)23(28)25-24-22(27)18-8-4-2-5-9-18/h2-15,21,26H,16H2,1H3,(H,24,27)(H,25,28). The normalized spacial score (nSPS) is 11.9. The van der Waals surface area contributed by atoms with Crippen LogP contribution in [0.25, 0.3) is 0 Å². The molecule has 166 valence electrons. The number of carbonyl (C=O) groups excluding carboxylic acids is 2. The van der Waals surface area contributed by atoms with Gasteiger partial charge < -0.3 is 4.74 Å². The van der Waals surface area contributed by atoms with Gasteiger partial charge in [0.25, 0.3) is 11.8 Å². The number of nitrogens with one attached hydrogen (secondary N) is 3. The van der Waals surface area contributed by atoms with Crippen molar-refractivity contribution in [3.8, 4) is 5.75 Å². The van der Waals surface area contributed by atoms with Crippen LogP contribution in [0, 0.1) is 0 Å². The van der Waals surface area contributed by atoms with Crippen molar-refractivity contribution in [3.05, 3.63) is 96.1 Å². The van der Waals surface area contributed by atoms with E-state index in [1.165, 1.54) is 19.2 Å². The average Bonchev–Trinajstić information content (AvgIpc) is 2.83. The molecule has 0 saturated carbocycles. The first-order chi connectivity index (χ1) is 15.4. The minimum atomic E-state index is -3.98. The molecule has 32 heavy (non-hydrogen) atoms. The average molecular weight is 454 g/mol. The number of carbonyl (C=O) groups is 2. The fraction of sp³-hybridized carbons (Fsp3) is 0.130. The molecule has 1 atom stereocenters. The summed E-state index contributed by atoms with van der Waals surface area (Å²) >= 11 is 0. The monoisotopic (exact) mass is 453 g/mol. The lowest BCUT2D eigenvalue weighted by Crippen LogP contribution is -2.53. The molecule has 0 radical (unpaired) electrons. The Hall–Kier alpha value is -3.69. The summed E-state index contributed by atoms with van der Waals surface area (Å²) in [6.45, 7) is 0. The number of rotatable bonds is 8. The van der Waals surface area contributed by atoms with Gasteiger partial charge in [-0.05, 0) is 48.4 Å². The van der Waals surface area contributed by atoms with Crippen LogP contribution in [0.2, 0.25) is 0 Å². The maximum Gasteiger partial charge on any atom is 0.269 e. The van der Waals surface area contributed by atoms with E-state index >= 15 is 0 Å². The van der Waals surface area contributed by atoms with E-state index in [0.717, 1.165) is 0 Å². The molecule has 0 spiro atoms. The Balaban J connectivity index is 1.77. The van der Waals surface area contributed by atoms with Crippen molar-refractivity contribution in [1.82, 2.24) is 15.6 Å². The van der Waals surface area contributed by atoms with E-state index in [4.69, 9.17) is 4.74 Å². The number of hydrazine groups is 1. The first kappa shape index (κ1) is 23.0. The minimum Gasteiger partial charge on any atom is -0.497 e. The molecule has 0 fully saturated rings. The van der Waals surface area contributed by atoms with Crippen LogP contribution in [-0.4, -0.2) is 33.4 Å². The van der Waals surface area contributed by atoms with Crippen LogP contribution in [0.15, 0.2) is 89.8 Å². The van der Waals surface area contributed by atoms with Crippen molar-refractivity contribution in [1.29, 1.82) is 0 Å². The van der Waals surface area contributed by atoms with Crippen molar-refractivity contribution in [3.63, 3.8) is 0 Å². The first-order valence-electron chi connectivity index (χ1n) is 9.74. The molecule has 0 aliphatic heterocycles. The lowest BCUT2D eigenvalue weighted by molar-refractivity contribution is -0.123. The molecule has 0 aromatic heterocycles. The van der Waals surface area contributed by atoms with E-state index in [1.807, 2.05) is 0 Å². The zero-order chi connectivity index (χ0) is 23.0. The second-order valence-corrected chi connectivity index (χ2v) is 8.56. The third kappa shape index (κ3) is 6.16. The molecule has 2 amide bonds. The van der Waals surface area contributed by atoms with Gasteiger partial charge in [-0.1, -0.05) is 48.5 Å². The Morgan fingerprint density at radius 2 is 1.44 bits per heavy atom.